The quantitative estimate of drug-likeness (QED) is 0.680. The molecular formula is C18H27N3O4. The van der Waals surface area contributed by atoms with E-state index in [4.69, 9.17) is 9.47 Å². The van der Waals surface area contributed by atoms with Gasteiger partial charge in [-0.3, -0.25) is 14.5 Å². The standard InChI is InChI=1S/C18H27N3O4/c1-4-25-18(23)14-19(2)17(22)13-20-8-10-21(11-9-20)15-6-5-7-16(12-15)24-3/h5-7,12H,4,8-11,13-14H2,1-3H3. The fourth-order valence-corrected chi connectivity index (χ4v) is 2.77. The Morgan fingerprint density at radius 1 is 1.20 bits per heavy atom. The maximum atomic E-state index is 12.2. The molecular weight excluding hydrogens is 322 g/mol. The molecule has 1 aromatic rings. The van der Waals surface area contributed by atoms with Crippen LogP contribution in [-0.2, 0) is 14.3 Å². The molecule has 1 amide bonds. The summed E-state index contributed by atoms with van der Waals surface area (Å²) in [5, 5.41) is 0. The highest BCUT2D eigenvalue weighted by Gasteiger charge is 2.22. The lowest BCUT2D eigenvalue weighted by Gasteiger charge is -2.36. The monoisotopic (exact) mass is 349 g/mol. The Morgan fingerprint density at radius 3 is 2.56 bits per heavy atom. The molecule has 0 bridgehead atoms. The zero-order valence-electron chi connectivity index (χ0n) is 15.2. The van der Waals surface area contributed by atoms with Crippen LogP contribution in [0.3, 0.4) is 0 Å². The number of carbonyl (C=O) groups is 2. The summed E-state index contributed by atoms with van der Waals surface area (Å²) in [5.74, 6) is 0.403. The highest BCUT2D eigenvalue weighted by Crippen LogP contribution is 2.22. The number of hydrogen-bond acceptors (Lipinski definition) is 6. The maximum Gasteiger partial charge on any atom is 0.325 e. The van der Waals surface area contributed by atoms with Crippen LogP contribution in [0.25, 0.3) is 0 Å². The highest BCUT2D eigenvalue weighted by molar-refractivity contribution is 5.83. The average molecular weight is 349 g/mol. The molecule has 0 atom stereocenters. The van der Waals surface area contributed by atoms with Crippen LogP contribution >= 0.6 is 0 Å². The number of benzene rings is 1. The van der Waals surface area contributed by atoms with Crippen molar-refractivity contribution in [2.45, 2.75) is 6.92 Å². The molecule has 0 aromatic heterocycles. The van der Waals surface area contributed by atoms with Gasteiger partial charge in [-0.2, -0.15) is 0 Å². The second-order valence-electron chi connectivity index (χ2n) is 6.02. The van der Waals surface area contributed by atoms with Crippen molar-refractivity contribution in [3.8, 4) is 5.75 Å². The van der Waals surface area contributed by atoms with Gasteiger partial charge >= 0.3 is 5.97 Å². The first kappa shape index (κ1) is 19.1. The van der Waals surface area contributed by atoms with Crippen LogP contribution in [-0.4, -0.2) is 81.7 Å². The molecule has 7 heteroatoms. The van der Waals surface area contributed by atoms with Gasteiger partial charge in [-0.25, -0.2) is 0 Å². The lowest BCUT2D eigenvalue weighted by molar-refractivity contribution is -0.148. The second kappa shape index (κ2) is 9.27. The Labute approximate surface area is 149 Å². The summed E-state index contributed by atoms with van der Waals surface area (Å²) < 4.78 is 10.1. The van der Waals surface area contributed by atoms with E-state index in [1.54, 1.807) is 21.1 Å². The van der Waals surface area contributed by atoms with E-state index in [-0.39, 0.29) is 18.4 Å². The number of ether oxygens (including phenoxy) is 2. The number of esters is 1. The van der Waals surface area contributed by atoms with Crippen molar-refractivity contribution >= 4 is 17.6 Å². The van der Waals surface area contributed by atoms with Crippen LogP contribution in [0.4, 0.5) is 5.69 Å². The molecule has 0 spiro atoms. The molecule has 25 heavy (non-hydrogen) atoms. The Kier molecular flexibility index (Phi) is 7.06. The third-order valence-corrected chi connectivity index (χ3v) is 4.25. The Balaban J connectivity index is 1.79. The van der Waals surface area contributed by atoms with Gasteiger partial charge in [-0.05, 0) is 19.1 Å². The maximum absolute atomic E-state index is 12.2. The molecule has 0 aliphatic carbocycles. The van der Waals surface area contributed by atoms with Crippen molar-refractivity contribution < 1.29 is 19.1 Å². The minimum atomic E-state index is -0.374. The van der Waals surface area contributed by atoms with E-state index in [1.165, 1.54) is 4.90 Å². The zero-order valence-corrected chi connectivity index (χ0v) is 15.2. The predicted molar refractivity (Wildman–Crippen MR) is 95.9 cm³/mol. The third-order valence-electron chi connectivity index (χ3n) is 4.25. The van der Waals surface area contributed by atoms with Crippen LogP contribution in [0.2, 0.25) is 0 Å². The van der Waals surface area contributed by atoms with Gasteiger partial charge in [-0.15, -0.1) is 0 Å². The second-order valence-corrected chi connectivity index (χ2v) is 6.02. The summed E-state index contributed by atoms with van der Waals surface area (Å²) >= 11 is 0. The summed E-state index contributed by atoms with van der Waals surface area (Å²) in [6.45, 7) is 5.70. The van der Waals surface area contributed by atoms with Gasteiger partial charge < -0.3 is 19.3 Å². The topological polar surface area (TPSA) is 62.3 Å². The lowest BCUT2D eigenvalue weighted by atomic mass is 10.2. The Morgan fingerprint density at radius 2 is 1.92 bits per heavy atom. The summed E-state index contributed by atoms with van der Waals surface area (Å²) in [6, 6.07) is 8.00. The van der Waals surface area contributed by atoms with Gasteiger partial charge in [0.1, 0.15) is 12.3 Å². The number of carbonyl (C=O) groups excluding carboxylic acids is 2. The molecule has 1 aliphatic heterocycles. The van der Waals surface area contributed by atoms with Crippen molar-refractivity contribution in [3.05, 3.63) is 24.3 Å². The van der Waals surface area contributed by atoms with Gasteiger partial charge in [0.15, 0.2) is 0 Å². The minimum absolute atomic E-state index is 0.00352. The first-order valence-corrected chi connectivity index (χ1v) is 8.54. The summed E-state index contributed by atoms with van der Waals surface area (Å²) in [5.41, 5.74) is 1.13. The smallest absolute Gasteiger partial charge is 0.325 e. The van der Waals surface area contributed by atoms with E-state index in [0.717, 1.165) is 37.6 Å². The van der Waals surface area contributed by atoms with Crippen LogP contribution in [0.5, 0.6) is 5.75 Å². The average Bonchev–Trinajstić information content (AvgIpc) is 2.62. The van der Waals surface area contributed by atoms with Gasteiger partial charge in [0, 0.05) is 45.0 Å². The van der Waals surface area contributed by atoms with Crippen molar-refractivity contribution in [2.24, 2.45) is 0 Å². The number of anilines is 1. The number of hydrogen-bond donors (Lipinski definition) is 0. The van der Waals surface area contributed by atoms with Gasteiger partial charge in [0.25, 0.3) is 0 Å². The lowest BCUT2D eigenvalue weighted by Crippen LogP contribution is -2.50. The highest BCUT2D eigenvalue weighted by atomic mass is 16.5. The summed E-state index contributed by atoms with van der Waals surface area (Å²) in [6.07, 6.45) is 0. The molecule has 0 radical (unpaired) electrons. The molecule has 0 unspecified atom stereocenters. The van der Waals surface area contributed by atoms with E-state index in [0.29, 0.717) is 13.2 Å². The first-order valence-electron chi connectivity index (χ1n) is 8.54. The van der Waals surface area contributed by atoms with Crippen LogP contribution in [0.15, 0.2) is 24.3 Å². The largest absolute Gasteiger partial charge is 0.497 e. The molecule has 0 N–H and O–H groups in total. The number of methoxy groups -OCH3 is 1. The summed E-state index contributed by atoms with van der Waals surface area (Å²) in [7, 11) is 3.29. The summed E-state index contributed by atoms with van der Waals surface area (Å²) in [4.78, 5) is 29.5. The van der Waals surface area contributed by atoms with Crippen molar-refractivity contribution in [2.75, 3.05) is 64.9 Å². The van der Waals surface area contributed by atoms with E-state index in [2.05, 4.69) is 15.9 Å². The molecule has 0 saturated carbocycles. The van der Waals surface area contributed by atoms with Crippen LogP contribution in [0, 0.1) is 0 Å². The van der Waals surface area contributed by atoms with E-state index >= 15 is 0 Å². The van der Waals surface area contributed by atoms with E-state index in [9.17, 15) is 9.59 Å². The Hall–Kier alpha value is -2.28. The molecule has 1 aromatic carbocycles. The predicted octanol–water partition coefficient (Wildman–Crippen LogP) is 0.839. The van der Waals surface area contributed by atoms with Gasteiger partial charge in [0.05, 0.1) is 20.3 Å². The van der Waals surface area contributed by atoms with Crippen molar-refractivity contribution in [1.29, 1.82) is 0 Å². The SMILES string of the molecule is CCOC(=O)CN(C)C(=O)CN1CCN(c2cccc(OC)c2)CC1. The molecule has 1 aliphatic rings. The number of piperazine rings is 1. The molecule has 1 saturated heterocycles. The number of nitrogens with zero attached hydrogens (tertiary/aromatic N) is 3. The molecule has 2 rings (SSSR count). The molecule has 7 nitrogen and oxygen atoms in total. The molecule has 138 valence electrons. The number of rotatable bonds is 7. The van der Waals surface area contributed by atoms with Crippen molar-refractivity contribution in [3.63, 3.8) is 0 Å². The molecule has 1 heterocycles. The molecule has 1 fully saturated rings. The van der Waals surface area contributed by atoms with Gasteiger partial charge in [-0.1, -0.05) is 6.07 Å². The van der Waals surface area contributed by atoms with E-state index in [1.807, 2.05) is 18.2 Å². The van der Waals surface area contributed by atoms with Gasteiger partial charge in [0.2, 0.25) is 5.91 Å². The van der Waals surface area contributed by atoms with E-state index < -0.39 is 0 Å². The fraction of sp³-hybridized carbons (Fsp3) is 0.556. The number of amides is 1. The van der Waals surface area contributed by atoms with Crippen LogP contribution in [0.1, 0.15) is 6.92 Å². The third kappa shape index (κ3) is 5.63. The zero-order chi connectivity index (χ0) is 18.2. The minimum Gasteiger partial charge on any atom is -0.497 e. The van der Waals surface area contributed by atoms with Crippen molar-refractivity contribution in [1.82, 2.24) is 9.80 Å². The Bertz CT molecular complexity index is 585. The van der Waals surface area contributed by atoms with Crippen LogP contribution < -0.4 is 9.64 Å². The fourth-order valence-electron chi connectivity index (χ4n) is 2.77. The number of likely N-dealkylation sites (N-methyl/N-ethyl adjacent to an activating group) is 1. The first-order chi connectivity index (χ1) is 12.0. The normalized spacial score (nSPS) is 14.9.